The van der Waals surface area contributed by atoms with E-state index in [0.29, 0.717) is 0 Å². The van der Waals surface area contributed by atoms with Gasteiger partial charge in [0.05, 0.1) is 5.56 Å². The standard InChI is InChI=1S/C27H22F6N2O4/c28-26(29,30)38-19-12-10-18(11-13-19)25(37)35-15-14-22(21(16-35)17-6-2-1-3-7-17)34-24(36)20-8-4-5-9-23(20)39-27(31,32)33/h1-13,21-22H,14-16H2,(H,34,36)/t21-,22-/m1/s1. The summed E-state index contributed by atoms with van der Waals surface area (Å²) in [5, 5.41) is 2.79. The Hall–Kier alpha value is -4.22. The summed E-state index contributed by atoms with van der Waals surface area (Å²) in [7, 11) is 0. The van der Waals surface area contributed by atoms with Crippen LogP contribution in [0, 0.1) is 0 Å². The third-order valence-corrected chi connectivity index (χ3v) is 6.14. The van der Waals surface area contributed by atoms with Gasteiger partial charge in [-0.2, -0.15) is 0 Å². The van der Waals surface area contributed by atoms with E-state index < -0.39 is 48.0 Å². The number of carbonyl (C=O) groups is 2. The smallest absolute Gasteiger partial charge is 0.406 e. The minimum atomic E-state index is -4.98. The van der Waals surface area contributed by atoms with Crippen molar-refractivity contribution in [2.75, 3.05) is 13.1 Å². The fourth-order valence-electron chi connectivity index (χ4n) is 4.44. The number of hydrogen-bond acceptors (Lipinski definition) is 4. The van der Waals surface area contributed by atoms with E-state index in [1.807, 2.05) is 12.1 Å². The normalized spacial score (nSPS) is 17.8. The van der Waals surface area contributed by atoms with Crippen molar-refractivity contribution >= 4 is 11.8 Å². The molecule has 6 nitrogen and oxygen atoms in total. The number of likely N-dealkylation sites (tertiary alicyclic amines) is 1. The van der Waals surface area contributed by atoms with E-state index in [1.165, 1.54) is 35.2 Å². The predicted molar refractivity (Wildman–Crippen MR) is 127 cm³/mol. The van der Waals surface area contributed by atoms with Crippen LogP contribution < -0.4 is 14.8 Å². The van der Waals surface area contributed by atoms with Gasteiger partial charge in [-0.05, 0) is 48.4 Å². The Morgan fingerprint density at radius 3 is 2.05 bits per heavy atom. The SMILES string of the molecule is O=C(N[C@@H]1CCN(C(=O)c2ccc(OC(F)(F)F)cc2)C[C@@H]1c1ccccc1)c1ccccc1OC(F)(F)F. The fourth-order valence-corrected chi connectivity index (χ4v) is 4.44. The first-order valence-electron chi connectivity index (χ1n) is 11.8. The summed E-state index contributed by atoms with van der Waals surface area (Å²) in [5.74, 6) is -2.71. The number of amides is 2. The molecule has 0 saturated carbocycles. The lowest BCUT2D eigenvalue weighted by Crippen LogP contribution is -2.51. The number of ether oxygens (including phenoxy) is 2. The highest BCUT2D eigenvalue weighted by atomic mass is 19.4. The van der Waals surface area contributed by atoms with Gasteiger partial charge in [0, 0.05) is 30.6 Å². The molecule has 4 rings (SSSR count). The third-order valence-electron chi connectivity index (χ3n) is 6.14. The lowest BCUT2D eigenvalue weighted by Gasteiger charge is -2.39. The van der Waals surface area contributed by atoms with Gasteiger partial charge in [-0.1, -0.05) is 42.5 Å². The van der Waals surface area contributed by atoms with E-state index >= 15 is 0 Å². The highest BCUT2D eigenvalue weighted by molar-refractivity contribution is 5.97. The molecule has 0 aliphatic carbocycles. The van der Waals surface area contributed by atoms with E-state index in [9.17, 15) is 35.9 Å². The largest absolute Gasteiger partial charge is 0.573 e. The molecule has 0 spiro atoms. The van der Waals surface area contributed by atoms with E-state index in [1.54, 1.807) is 18.2 Å². The molecule has 39 heavy (non-hydrogen) atoms. The Morgan fingerprint density at radius 2 is 1.41 bits per heavy atom. The Bertz CT molecular complexity index is 1300. The van der Waals surface area contributed by atoms with Crippen LogP contribution >= 0.6 is 0 Å². The average Bonchev–Trinajstić information content (AvgIpc) is 2.88. The number of alkyl halides is 6. The van der Waals surface area contributed by atoms with Gasteiger partial charge in [-0.25, -0.2) is 0 Å². The molecule has 1 N–H and O–H groups in total. The van der Waals surface area contributed by atoms with Crippen LogP contribution in [0.3, 0.4) is 0 Å². The van der Waals surface area contributed by atoms with Crippen molar-refractivity contribution in [1.29, 1.82) is 0 Å². The molecular formula is C27H22F6N2O4. The van der Waals surface area contributed by atoms with Crippen LogP contribution in [0.25, 0.3) is 0 Å². The Morgan fingerprint density at radius 1 is 0.795 bits per heavy atom. The summed E-state index contributed by atoms with van der Waals surface area (Å²) < 4.78 is 83.7. The molecule has 1 saturated heterocycles. The van der Waals surface area contributed by atoms with Gasteiger partial charge in [0.2, 0.25) is 0 Å². The maximum absolute atomic E-state index is 13.2. The monoisotopic (exact) mass is 552 g/mol. The minimum absolute atomic E-state index is 0.148. The van der Waals surface area contributed by atoms with Crippen LogP contribution in [0.2, 0.25) is 0 Å². The van der Waals surface area contributed by atoms with Gasteiger partial charge in [0.25, 0.3) is 11.8 Å². The number of hydrogen-bond donors (Lipinski definition) is 1. The third kappa shape index (κ3) is 7.43. The number of rotatable bonds is 6. The molecule has 0 aromatic heterocycles. The zero-order chi connectivity index (χ0) is 28.2. The van der Waals surface area contributed by atoms with Crippen molar-refractivity contribution in [2.24, 2.45) is 0 Å². The number of nitrogens with one attached hydrogen (secondary N) is 1. The first kappa shape index (κ1) is 27.8. The first-order valence-corrected chi connectivity index (χ1v) is 11.8. The predicted octanol–water partition coefficient (Wildman–Crippen LogP) is 5.91. The van der Waals surface area contributed by atoms with Gasteiger partial charge < -0.3 is 19.7 Å². The molecule has 0 radical (unpaired) electrons. The number of halogens is 6. The number of carbonyl (C=O) groups excluding carboxylic acids is 2. The van der Waals surface area contributed by atoms with Gasteiger partial charge in [0.15, 0.2) is 0 Å². The van der Waals surface area contributed by atoms with Crippen molar-refractivity contribution in [1.82, 2.24) is 10.2 Å². The molecule has 0 unspecified atom stereocenters. The quantitative estimate of drug-likeness (QED) is 0.386. The second-order valence-corrected chi connectivity index (χ2v) is 8.75. The fraction of sp³-hybridized carbons (Fsp3) is 0.259. The second kappa shape index (κ2) is 11.3. The van der Waals surface area contributed by atoms with Crippen LogP contribution in [0.5, 0.6) is 11.5 Å². The van der Waals surface area contributed by atoms with Gasteiger partial charge >= 0.3 is 12.7 Å². The van der Waals surface area contributed by atoms with E-state index in [-0.39, 0.29) is 30.6 Å². The van der Waals surface area contributed by atoms with Crippen LogP contribution in [-0.2, 0) is 0 Å². The maximum atomic E-state index is 13.2. The molecule has 1 heterocycles. The number of piperidine rings is 1. The number of benzene rings is 3. The van der Waals surface area contributed by atoms with E-state index in [2.05, 4.69) is 14.8 Å². The van der Waals surface area contributed by atoms with Crippen molar-refractivity contribution in [3.05, 3.63) is 95.6 Å². The summed E-state index contributed by atoms with van der Waals surface area (Å²) in [6.45, 7) is 0.337. The van der Waals surface area contributed by atoms with Crippen LogP contribution in [0.1, 0.15) is 38.6 Å². The zero-order valence-corrected chi connectivity index (χ0v) is 20.1. The van der Waals surface area contributed by atoms with Gasteiger partial charge in [0.1, 0.15) is 11.5 Å². The molecule has 206 valence electrons. The topological polar surface area (TPSA) is 67.9 Å². The summed E-state index contributed by atoms with van der Waals surface area (Å²) in [6, 6.07) is 18.0. The first-order chi connectivity index (χ1) is 18.4. The molecule has 3 aromatic carbocycles. The number of para-hydroxylation sites is 1. The van der Waals surface area contributed by atoms with Crippen molar-refractivity contribution < 1.29 is 45.4 Å². The Kier molecular flexibility index (Phi) is 8.03. The summed E-state index contributed by atoms with van der Waals surface area (Å²) in [4.78, 5) is 27.7. The molecule has 1 aliphatic heterocycles. The second-order valence-electron chi connectivity index (χ2n) is 8.75. The van der Waals surface area contributed by atoms with Gasteiger partial charge in [-0.15, -0.1) is 26.3 Å². The molecule has 12 heteroatoms. The summed E-state index contributed by atoms with van der Waals surface area (Å²) in [6.07, 6.45) is -9.57. The number of nitrogens with zero attached hydrogens (tertiary/aromatic N) is 1. The van der Waals surface area contributed by atoms with Crippen LogP contribution in [-0.4, -0.2) is 48.6 Å². The Labute approximate surface area is 219 Å². The maximum Gasteiger partial charge on any atom is 0.573 e. The molecule has 1 fully saturated rings. The minimum Gasteiger partial charge on any atom is -0.406 e. The Balaban J connectivity index is 1.52. The van der Waals surface area contributed by atoms with Crippen molar-refractivity contribution in [2.45, 2.75) is 31.1 Å². The molecule has 2 atom stereocenters. The van der Waals surface area contributed by atoms with Crippen molar-refractivity contribution in [3.63, 3.8) is 0 Å². The van der Waals surface area contributed by atoms with Gasteiger partial charge in [-0.3, -0.25) is 9.59 Å². The highest BCUT2D eigenvalue weighted by Crippen LogP contribution is 2.31. The molecule has 3 aromatic rings. The van der Waals surface area contributed by atoms with Crippen molar-refractivity contribution in [3.8, 4) is 11.5 Å². The lowest BCUT2D eigenvalue weighted by atomic mass is 9.85. The summed E-state index contributed by atoms with van der Waals surface area (Å²) in [5.41, 5.74) is 0.646. The zero-order valence-electron chi connectivity index (χ0n) is 20.1. The average molecular weight is 552 g/mol. The van der Waals surface area contributed by atoms with Crippen LogP contribution in [0.15, 0.2) is 78.9 Å². The molecule has 0 bridgehead atoms. The van der Waals surface area contributed by atoms with Crippen LogP contribution in [0.4, 0.5) is 26.3 Å². The molecule has 1 aliphatic rings. The summed E-state index contributed by atoms with van der Waals surface area (Å²) >= 11 is 0. The van der Waals surface area contributed by atoms with E-state index in [0.717, 1.165) is 23.8 Å². The lowest BCUT2D eigenvalue weighted by molar-refractivity contribution is -0.275. The molecule has 2 amide bonds. The van der Waals surface area contributed by atoms with E-state index in [4.69, 9.17) is 0 Å². The molecular weight excluding hydrogens is 530 g/mol. The highest BCUT2D eigenvalue weighted by Gasteiger charge is 2.36.